The van der Waals surface area contributed by atoms with Gasteiger partial charge in [-0.3, -0.25) is 0 Å². The van der Waals surface area contributed by atoms with Gasteiger partial charge in [0.05, 0.1) is 17.7 Å². The summed E-state index contributed by atoms with van der Waals surface area (Å²) < 4.78 is 24.4. The molecule has 1 fully saturated rings. The van der Waals surface area contributed by atoms with E-state index in [1.165, 1.54) is 0 Å². The third kappa shape index (κ3) is 2.31. The lowest BCUT2D eigenvalue weighted by atomic mass is 10.1. The van der Waals surface area contributed by atoms with Crippen LogP contribution in [0.15, 0.2) is 24.5 Å². The van der Waals surface area contributed by atoms with Crippen LogP contribution in [0.25, 0.3) is 5.65 Å². The molecule has 0 amide bonds. The van der Waals surface area contributed by atoms with Gasteiger partial charge in [-0.1, -0.05) is 0 Å². The summed E-state index contributed by atoms with van der Waals surface area (Å²) in [6, 6.07) is 3.87. The zero-order chi connectivity index (χ0) is 12.6. The molecule has 0 bridgehead atoms. The molecule has 3 heterocycles. The number of nitrogens with one attached hydrogen (secondary N) is 1. The molecule has 96 valence electrons. The largest absolute Gasteiger partial charge is 0.367 e. The second-order valence-electron chi connectivity index (χ2n) is 4.52. The standard InChI is InChI=1S/C11H14N4O2S/c16-18(17)7-3-9(4-8-18)13-10-2-6-15-11(14-10)1-5-12-15/h1-2,5-6,9H,3-4,7-8H2,(H,13,14). The molecule has 1 N–H and O–H groups in total. The van der Waals surface area contributed by atoms with E-state index in [1.807, 2.05) is 18.3 Å². The molecule has 1 aliphatic heterocycles. The summed E-state index contributed by atoms with van der Waals surface area (Å²) in [6.07, 6.45) is 4.83. The maximum absolute atomic E-state index is 11.3. The first-order valence-corrected chi connectivity index (χ1v) is 7.72. The van der Waals surface area contributed by atoms with Gasteiger partial charge in [-0.25, -0.2) is 17.9 Å². The van der Waals surface area contributed by atoms with E-state index < -0.39 is 9.84 Å². The summed E-state index contributed by atoms with van der Waals surface area (Å²) in [7, 11) is -2.81. The van der Waals surface area contributed by atoms with Gasteiger partial charge in [0.1, 0.15) is 15.7 Å². The van der Waals surface area contributed by atoms with Crippen molar-refractivity contribution in [3.05, 3.63) is 24.5 Å². The van der Waals surface area contributed by atoms with Crippen LogP contribution in [0.5, 0.6) is 0 Å². The number of aromatic nitrogens is 3. The Kier molecular flexibility index (Phi) is 2.70. The zero-order valence-electron chi connectivity index (χ0n) is 9.78. The molecule has 0 aliphatic carbocycles. The average molecular weight is 266 g/mol. The quantitative estimate of drug-likeness (QED) is 0.866. The third-order valence-electron chi connectivity index (χ3n) is 3.16. The van der Waals surface area contributed by atoms with Crippen LogP contribution in [0, 0.1) is 0 Å². The molecule has 6 nitrogen and oxygen atoms in total. The van der Waals surface area contributed by atoms with Crippen LogP contribution in [0.1, 0.15) is 12.8 Å². The SMILES string of the molecule is O=S1(=O)CCC(Nc2ccn3nccc3n2)CC1. The van der Waals surface area contributed by atoms with Crippen LogP contribution in [-0.4, -0.2) is 40.6 Å². The predicted octanol–water partition coefficient (Wildman–Crippen LogP) is 0.718. The van der Waals surface area contributed by atoms with Crippen LogP contribution in [0.3, 0.4) is 0 Å². The number of anilines is 1. The Balaban J connectivity index is 1.72. The van der Waals surface area contributed by atoms with Crippen molar-refractivity contribution in [2.24, 2.45) is 0 Å². The van der Waals surface area contributed by atoms with E-state index in [0.717, 1.165) is 11.5 Å². The summed E-state index contributed by atoms with van der Waals surface area (Å²) in [6.45, 7) is 0. The lowest BCUT2D eigenvalue weighted by Gasteiger charge is -2.23. The van der Waals surface area contributed by atoms with Gasteiger partial charge in [0.2, 0.25) is 0 Å². The molecule has 0 atom stereocenters. The molecule has 18 heavy (non-hydrogen) atoms. The molecular formula is C11H14N4O2S. The highest BCUT2D eigenvalue weighted by Gasteiger charge is 2.23. The van der Waals surface area contributed by atoms with Gasteiger partial charge in [0.25, 0.3) is 0 Å². The normalized spacial score (nSPS) is 20.0. The summed E-state index contributed by atoms with van der Waals surface area (Å²) >= 11 is 0. The first kappa shape index (κ1) is 11.5. The molecule has 1 aliphatic rings. The zero-order valence-corrected chi connectivity index (χ0v) is 10.6. The Hall–Kier alpha value is -1.63. The van der Waals surface area contributed by atoms with E-state index in [0.29, 0.717) is 12.8 Å². The first-order valence-electron chi connectivity index (χ1n) is 5.90. The topological polar surface area (TPSA) is 76.4 Å². The van der Waals surface area contributed by atoms with E-state index in [-0.39, 0.29) is 17.5 Å². The second kappa shape index (κ2) is 4.24. The fourth-order valence-corrected chi connectivity index (χ4v) is 3.63. The molecule has 0 saturated carbocycles. The Bertz CT molecular complexity index is 650. The summed E-state index contributed by atoms with van der Waals surface area (Å²) in [5.41, 5.74) is 0.781. The lowest BCUT2D eigenvalue weighted by molar-refractivity contribution is 0.559. The van der Waals surface area contributed by atoms with E-state index in [2.05, 4.69) is 15.4 Å². The van der Waals surface area contributed by atoms with Crippen molar-refractivity contribution in [1.29, 1.82) is 0 Å². The third-order valence-corrected chi connectivity index (χ3v) is 4.88. The molecule has 0 spiro atoms. The van der Waals surface area contributed by atoms with E-state index in [9.17, 15) is 8.42 Å². The van der Waals surface area contributed by atoms with Crippen molar-refractivity contribution in [3.8, 4) is 0 Å². The fraction of sp³-hybridized carbons (Fsp3) is 0.455. The van der Waals surface area contributed by atoms with Gasteiger partial charge >= 0.3 is 0 Å². The van der Waals surface area contributed by atoms with Crippen LogP contribution < -0.4 is 5.32 Å². The highest BCUT2D eigenvalue weighted by Crippen LogP contribution is 2.16. The molecule has 1 saturated heterocycles. The van der Waals surface area contributed by atoms with Crippen LogP contribution in [0.2, 0.25) is 0 Å². The smallest absolute Gasteiger partial charge is 0.157 e. The number of hydrogen-bond donors (Lipinski definition) is 1. The Labute approximate surface area is 105 Å². The molecule has 7 heteroatoms. The van der Waals surface area contributed by atoms with Crippen LogP contribution in [0.4, 0.5) is 5.82 Å². The number of sulfone groups is 1. The monoisotopic (exact) mass is 266 g/mol. The van der Waals surface area contributed by atoms with E-state index >= 15 is 0 Å². The second-order valence-corrected chi connectivity index (χ2v) is 6.82. The fourth-order valence-electron chi connectivity index (χ4n) is 2.14. The van der Waals surface area contributed by atoms with Crippen LogP contribution in [-0.2, 0) is 9.84 Å². The van der Waals surface area contributed by atoms with E-state index in [4.69, 9.17) is 0 Å². The Morgan fingerprint density at radius 1 is 1.28 bits per heavy atom. The Morgan fingerprint density at radius 2 is 2.06 bits per heavy atom. The van der Waals surface area contributed by atoms with Crippen molar-refractivity contribution in [3.63, 3.8) is 0 Å². The van der Waals surface area contributed by atoms with Gasteiger partial charge < -0.3 is 5.32 Å². The van der Waals surface area contributed by atoms with Gasteiger partial charge in [0, 0.05) is 18.3 Å². The van der Waals surface area contributed by atoms with Crippen molar-refractivity contribution < 1.29 is 8.42 Å². The summed E-state index contributed by atoms with van der Waals surface area (Å²) in [5, 5.41) is 7.36. The van der Waals surface area contributed by atoms with Crippen LogP contribution >= 0.6 is 0 Å². The predicted molar refractivity (Wildman–Crippen MR) is 68.3 cm³/mol. The van der Waals surface area contributed by atoms with Crippen molar-refractivity contribution in [1.82, 2.24) is 14.6 Å². The molecule has 2 aromatic rings. The minimum Gasteiger partial charge on any atom is -0.367 e. The van der Waals surface area contributed by atoms with Gasteiger partial charge in [-0.2, -0.15) is 5.10 Å². The Morgan fingerprint density at radius 3 is 2.83 bits per heavy atom. The number of fused-ring (bicyclic) bond motifs is 1. The molecule has 0 unspecified atom stereocenters. The van der Waals surface area contributed by atoms with Crippen molar-refractivity contribution in [2.75, 3.05) is 16.8 Å². The summed E-state index contributed by atoms with van der Waals surface area (Å²) in [4.78, 5) is 4.41. The van der Waals surface area contributed by atoms with Gasteiger partial charge in [-0.05, 0) is 18.9 Å². The minimum atomic E-state index is -2.81. The maximum Gasteiger partial charge on any atom is 0.157 e. The van der Waals surface area contributed by atoms with Gasteiger partial charge in [0.15, 0.2) is 5.65 Å². The lowest BCUT2D eigenvalue weighted by Crippen LogP contribution is -2.32. The number of hydrogen-bond acceptors (Lipinski definition) is 5. The minimum absolute atomic E-state index is 0.186. The van der Waals surface area contributed by atoms with Crippen molar-refractivity contribution in [2.45, 2.75) is 18.9 Å². The van der Waals surface area contributed by atoms with E-state index in [1.54, 1.807) is 10.7 Å². The molecular weight excluding hydrogens is 252 g/mol. The molecule has 0 aromatic carbocycles. The van der Waals surface area contributed by atoms with Gasteiger partial charge in [-0.15, -0.1) is 0 Å². The molecule has 2 aromatic heterocycles. The summed E-state index contributed by atoms with van der Waals surface area (Å²) in [5.74, 6) is 1.30. The molecule has 3 rings (SSSR count). The molecule has 0 radical (unpaired) electrons. The first-order chi connectivity index (χ1) is 8.62. The van der Waals surface area contributed by atoms with Crippen molar-refractivity contribution >= 4 is 21.3 Å². The number of nitrogens with zero attached hydrogens (tertiary/aromatic N) is 3. The average Bonchev–Trinajstić information content (AvgIpc) is 2.79. The highest BCUT2D eigenvalue weighted by atomic mass is 32.2. The number of rotatable bonds is 2. The highest BCUT2D eigenvalue weighted by molar-refractivity contribution is 7.91. The maximum atomic E-state index is 11.3.